The van der Waals surface area contributed by atoms with Crippen molar-refractivity contribution in [2.75, 3.05) is 31.1 Å². The van der Waals surface area contributed by atoms with E-state index in [0.29, 0.717) is 11.2 Å². The maximum atomic E-state index is 12.4. The summed E-state index contributed by atoms with van der Waals surface area (Å²) in [5.74, 6) is 0.470. The molecule has 2 aromatic carbocycles. The van der Waals surface area contributed by atoms with Crippen molar-refractivity contribution in [3.05, 3.63) is 78.8 Å². The third-order valence-electron chi connectivity index (χ3n) is 6.24. The topological polar surface area (TPSA) is 36.7 Å². The highest BCUT2D eigenvalue weighted by Crippen LogP contribution is 2.43. The summed E-state index contributed by atoms with van der Waals surface area (Å²) in [7, 11) is 0. The molecule has 2 aliphatic heterocycles. The van der Waals surface area contributed by atoms with Crippen molar-refractivity contribution in [2.45, 2.75) is 12.8 Å². The summed E-state index contributed by atoms with van der Waals surface area (Å²) in [5.41, 5.74) is 4.16. The zero-order valence-electron chi connectivity index (χ0n) is 15.9. The van der Waals surface area contributed by atoms with Gasteiger partial charge in [0.05, 0.1) is 6.26 Å². The molecule has 1 spiro atoms. The molecule has 0 atom stereocenters. The van der Waals surface area contributed by atoms with Gasteiger partial charge in [-0.1, -0.05) is 42.5 Å². The van der Waals surface area contributed by atoms with Crippen molar-refractivity contribution >= 4 is 11.6 Å². The SMILES string of the molecule is O=C(c1ccco1)N1CCC2(CC1)CN(c1ccc(-c3ccccc3)cc1)C2. The van der Waals surface area contributed by atoms with Crippen LogP contribution in [0.5, 0.6) is 0 Å². The van der Waals surface area contributed by atoms with Crippen molar-refractivity contribution < 1.29 is 9.21 Å². The molecule has 3 aromatic rings. The summed E-state index contributed by atoms with van der Waals surface area (Å²) >= 11 is 0. The molecule has 0 N–H and O–H groups in total. The molecule has 1 amide bonds. The highest BCUT2D eigenvalue weighted by molar-refractivity contribution is 5.91. The zero-order chi connectivity index (χ0) is 19.0. The van der Waals surface area contributed by atoms with Crippen LogP contribution in [0.3, 0.4) is 0 Å². The summed E-state index contributed by atoms with van der Waals surface area (Å²) in [6.07, 6.45) is 3.70. The van der Waals surface area contributed by atoms with Crippen molar-refractivity contribution in [3.8, 4) is 11.1 Å². The van der Waals surface area contributed by atoms with Gasteiger partial charge in [0.15, 0.2) is 5.76 Å². The molecule has 28 heavy (non-hydrogen) atoms. The number of rotatable bonds is 3. The van der Waals surface area contributed by atoms with Gasteiger partial charge in [-0.15, -0.1) is 0 Å². The van der Waals surface area contributed by atoms with E-state index in [1.807, 2.05) is 11.0 Å². The molecular weight excluding hydrogens is 348 g/mol. The smallest absolute Gasteiger partial charge is 0.289 e. The van der Waals surface area contributed by atoms with Crippen LogP contribution in [-0.2, 0) is 0 Å². The standard InChI is InChI=1S/C24H24N2O2/c27-23(22-7-4-16-28-22)25-14-12-24(13-15-25)17-26(18-24)21-10-8-20(9-11-21)19-5-2-1-3-6-19/h1-11,16H,12-15,17-18H2. The Morgan fingerprint density at radius 3 is 2.14 bits per heavy atom. The Labute approximate surface area is 165 Å². The molecule has 1 aromatic heterocycles. The van der Waals surface area contributed by atoms with Crippen LogP contribution >= 0.6 is 0 Å². The molecule has 0 radical (unpaired) electrons. The number of anilines is 1. The second kappa shape index (κ2) is 6.86. The second-order valence-corrected chi connectivity index (χ2v) is 8.04. The van der Waals surface area contributed by atoms with Gasteiger partial charge < -0.3 is 14.2 Å². The number of carbonyl (C=O) groups excluding carboxylic acids is 1. The number of carbonyl (C=O) groups is 1. The molecule has 0 saturated carbocycles. The van der Waals surface area contributed by atoms with Gasteiger partial charge in [-0.05, 0) is 48.2 Å². The van der Waals surface area contributed by atoms with E-state index >= 15 is 0 Å². The number of piperidine rings is 1. The van der Waals surface area contributed by atoms with E-state index < -0.39 is 0 Å². The van der Waals surface area contributed by atoms with Crippen molar-refractivity contribution in [1.82, 2.24) is 4.90 Å². The number of furan rings is 1. The Hall–Kier alpha value is -3.01. The van der Waals surface area contributed by atoms with Crippen LogP contribution < -0.4 is 4.90 Å². The monoisotopic (exact) mass is 372 g/mol. The first-order valence-corrected chi connectivity index (χ1v) is 9.96. The predicted molar refractivity (Wildman–Crippen MR) is 110 cm³/mol. The quantitative estimate of drug-likeness (QED) is 0.669. The van der Waals surface area contributed by atoms with Gasteiger partial charge in [-0.3, -0.25) is 4.79 Å². The van der Waals surface area contributed by atoms with Gasteiger partial charge in [0.25, 0.3) is 5.91 Å². The van der Waals surface area contributed by atoms with Crippen molar-refractivity contribution in [3.63, 3.8) is 0 Å². The lowest BCUT2D eigenvalue weighted by Crippen LogP contribution is -2.61. The molecule has 142 valence electrons. The third kappa shape index (κ3) is 3.09. The average molecular weight is 372 g/mol. The number of hydrogen-bond donors (Lipinski definition) is 0. The maximum absolute atomic E-state index is 12.4. The minimum atomic E-state index is 0.0209. The Kier molecular flexibility index (Phi) is 4.19. The number of amides is 1. The summed E-state index contributed by atoms with van der Waals surface area (Å²) in [4.78, 5) is 16.8. The predicted octanol–water partition coefficient (Wildman–Crippen LogP) is 4.69. The fourth-order valence-corrected chi connectivity index (χ4v) is 4.50. The molecule has 3 heterocycles. The highest BCUT2D eigenvalue weighted by atomic mass is 16.3. The van der Waals surface area contributed by atoms with Crippen LogP contribution in [0.15, 0.2) is 77.4 Å². The molecule has 5 rings (SSSR count). The van der Waals surface area contributed by atoms with E-state index in [1.165, 1.54) is 16.8 Å². The van der Waals surface area contributed by atoms with Crippen LogP contribution in [0.25, 0.3) is 11.1 Å². The molecule has 2 fully saturated rings. The molecule has 4 heteroatoms. The fourth-order valence-electron chi connectivity index (χ4n) is 4.50. The first kappa shape index (κ1) is 17.1. The van der Waals surface area contributed by atoms with Crippen LogP contribution in [-0.4, -0.2) is 37.0 Å². The first-order chi connectivity index (χ1) is 13.7. The minimum absolute atomic E-state index is 0.0209. The summed E-state index contributed by atoms with van der Waals surface area (Å²) in [6.45, 7) is 3.81. The van der Waals surface area contributed by atoms with Gasteiger partial charge in [0, 0.05) is 37.3 Å². The van der Waals surface area contributed by atoms with Crippen molar-refractivity contribution in [2.24, 2.45) is 5.41 Å². The van der Waals surface area contributed by atoms with E-state index in [2.05, 4.69) is 53.4 Å². The summed E-state index contributed by atoms with van der Waals surface area (Å²) < 4.78 is 5.26. The zero-order valence-corrected chi connectivity index (χ0v) is 15.9. The molecule has 2 saturated heterocycles. The van der Waals surface area contributed by atoms with Crippen LogP contribution in [0.4, 0.5) is 5.69 Å². The Bertz CT molecular complexity index is 932. The number of likely N-dealkylation sites (tertiary alicyclic amines) is 1. The minimum Gasteiger partial charge on any atom is -0.459 e. The third-order valence-corrected chi connectivity index (χ3v) is 6.24. The van der Waals surface area contributed by atoms with Gasteiger partial charge >= 0.3 is 0 Å². The molecule has 2 aliphatic rings. The lowest BCUT2D eigenvalue weighted by Gasteiger charge is -2.55. The molecule has 0 aliphatic carbocycles. The largest absolute Gasteiger partial charge is 0.459 e. The average Bonchev–Trinajstić information content (AvgIpc) is 3.27. The van der Waals surface area contributed by atoms with Gasteiger partial charge in [0.2, 0.25) is 0 Å². The summed E-state index contributed by atoms with van der Waals surface area (Å²) in [5, 5.41) is 0. The van der Waals surface area contributed by atoms with Crippen LogP contribution in [0.1, 0.15) is 23.4 Å². The Morgan fingerprint density at radius 2 is 1.50 bits per heavy atom. The normalized spacial score (nSPS) is 18.1. The number of hydrogen-bond acceptors (Lipinski definition) is 3. The number of benzene rings is 2. The first-order valence-electron chi connectivity index (χ1n) is 9.96. The van der Waals surface area contributed by atoms with Gasteiger partial charge in [-0.2, -0.15) is 0 Å². The van der Waals surface area contributed by atoms with Gasteiger partial charge in [0.1, 0.15) is 0 Å². The van der Waals surface area contributed by atoms with Gasteiger partial charge in [-0.25, -0.2) is 0 Å². The lowest BCUT2D eigenvalue weighted by molar-refractivity contribution is 0.0476. The number of nitrogens with zero attached hydrogens (tertiary/aromatic N) is 2. The van der Waals surface area contributed by atoms with E-state index in [4.69, 9.17) is 4.42 Å². The summed E-state index contributed by atoms with van der Waals surface area (Å²) in [6, 6.07) is 22.9. The Morgan fingerprint density at radius 1 is 0.821 bits per heavy atom. The Balaban J connectivity index is 1.18. The fraction of sp³-hybridized carbons (Fsp3) is 0.292. The molecule has 0 unspecified atom stereocenters. The second-order valence-electron chi connectivity index (χ2n) is 8.04. The van der Waals surface area contributed by atoms with E-state index in [9.17, 15) is 4.79 Å². The highest BCUT2D eigenvalue weighted by Gasteiger charge is 2.45. The lowest BCUT2D eigenvalue weighted by atomic mass is 9.71. The van der Waals surface area contributed by atoms with E-state index in [1.54, 1.807) is 18.4 Å². The molecular formula is C24H24N2O2. The van der Waals surface area contributed by atoms with Crippen LogP contribution in [0, 0.1) is 5.41 Å². The molecule has 0 bridgehead atoms. The molecule has 4 nitrogen and oxygen atoms in total. The van der Waals surface area contributed by atoms with E-state index in [0.717, 1.165) is 39.0 Å². The van der Waals surface area contributed by atoms with Crippen LogP contribution in [0.2, 0.25) is 0 Å². The van der Waals surface area contributed by atoms with Crippen molar-refractivity contribution in [1.29, 1.82) is 0 Å². The van der Waals surface area contributed by atoms with E-state index in [-0.39, 0.29) is 5.91 Å². The maximum Gasteiger partial charge on any atom is 0.289 e.